The van der Waals surface area contributed by atoms with Crippen LogP contribution >= 0.6 is 11.8 Å². The minimum absolute atomic E-state index is 0.222. The average molecular weight is 434 g/mol. The SMILES string of the molecule is Cc1ccc(-n2c(SC(C)C(=O)Nc3ccccc3)nc3ccccc3c2=O)cc1F. The van der Waals surface area contributed by atoms with Crippen LogP contribution in [-0.2, 0) is 4.79 Å². The molecule has 3 aromatic carbocycles. The first-order chi connectivity index (χ1) is 14.9. The van der Waals surface area contributed by atoms with Crippen LogP contribution in [-0.4, -0.2) is 20.7 Å². The Morgan fingerprint density at radius 1 is 1.06 bits per heavy atom. The number of para-hydroxylation sites is 2. The molecular formula is C24H20FN3O2S. The van der Waals surface area contributed by atoms with Crippen molar-refractivity contribution >= 4 is 34.3 Å². The molecule has 1 N–H and O–H groups in total. The topological polar surface area (TPSA) is 64.0 Å². The Labute approximate surface area is 182 Å². The van der Waals surface area contributed by atoms with E-state index < -0.39 is 11.1 Å². The molecule has 1 aromatic heterocycles. The van der Waals surface area contributed by atoms with Crippen LogP contribution in [0.2, 0.25) is 0 Å². The van der Waals surface area contributed by atoms with E-state index in [1.54, 1.807) is 62.4 Å². The van der Waals surface area contributed by atoms with Gasteiger partial charge in [0.2, 0.25) is 5.91 Å². The highest BCUT2D eigenvalue weighted by Gasteiger charge is 2.21. The lowest BCUT2D eigenvalue weighted by atomic mass is 10.2. The molecule has 156 valence electrons. The molecule has 0 saturated heterocycles. The summed E-state index contributed by atoms with van der Waals surface area (Å²) in [4.78, 5) is 30.6. The fraction of sp³-hybridized carbons (Fsp3) is 0.125. The third-order valence-corrected chi connectivity index (χ3v) is 5.90. The monoisotopic (exact) mass is 433 g/mol. The highest BCUT2D eigenvalue weighted by molar-refractivity contribution is 8.00. The van der Waals surface area contributed by atoms with Gasteiger partial charge in [0.05, 0.1) is 21.8 Å². The lowest BCUT2D eigenvalue weighted by Gasteiger charge is -2.17. The van der Waals surface area contributed by atoms with Gasteiger partial charge in [0.1, 0.15) is 5.82 Å². The molecule has 0 spiro atoms. The number of benzene rings is 3. The van der Waals surface area contributed by atoms with Gasteiger partial charge in [0.25, 0.3) is 5.56 Å². The van der Waals surface area contributed by atoms with Gasteiger partial charge in [-0.2, -0.15) is 0 Å². The van der Waals surface area contributed by atoms with Gasteiger partial charge in [0.15, 0.2) is 5.16 Å². The third kappa shape index (κ3) is 4.36. The van der Waals surface area contributed by atoms with Crippen molar-refractivity contribution in [2.24, 2.45) is 0 Å². The second-order valence-electron chi connectivity index (χ2n) is 7.10. The average Bonchev–Trinajstić information content (AvgIpc) is 2.77. The number of halogens is 1. The summed E-state index contributed by atoms with van der Waals surface area (Å²) in [5.74, 6) is -0.636. The van der Waals surface area contributed by atoms with Crippen LogP contribution in [0.15, 0.2) is 82.7 Å². The van der Waals surface area contributed by atoms with E-state index in [1.807, 2.05) is 18.2 Å². The van der Waals surface area contributed by atoms with Crippen molar-refractivity contribution in [2.45, 2.75) is 24.3 Å². The lowest BCUT2D eigenvalue weighted by molar-refractivity contribution is -0.115. The van der Waals surface area contributed by atoms with Crippen molar-refractivity contribution in [3.05, 3.63) is 94.5 Å². The van der Waals surface area contributed by atoms with Gasteiger partial charge in [0, 0.05) is 5.69 Å². The maximum absolute atomic E-state index is 14.3. The molecule has 0 aliphatic carbocycles. The highest BCUT2D eigenvalue weighted by atomic mass is 32.2. The first-order valence-corrected chi connectivity index (χ1v) is 10.6. The van der Waals surface area contributed by atoms with Crippen molar-refractivity contribution in [3.8, 4) is 5.69 Å². The molecule has 1 amide bonds. The summed E-state index contributed by atoms with van der Waals surface area (Å²) in [5, 5.41) is 3.06. The Kier molecular flexibility index (Phi) is 5.86. The molecule has 0 radical (unpaired) electrons. The molecule has 4 rings (SSSR count). The van der Waals surface area contributed by atoms with Crippen molar-refractivity contribution in [1.29, 1.82) is 0 Å². The summed E-state index contributed by atoms with van der Waals surface area (Å²) in [6, 6.07) is 20.7. The van der Waals surface area contributed by atoms with Gasteiger partial charge in [-0.05, 0) is 55.8 Å². The second-order valence-corrected chi connectivity index (χ2v) is 8.41. The number of hydrogen-bond acceptors (Lipinski definition) is 4. The smallest absolute Gasteiger partial charge is 0.266 e. The van der Waals surface area contributed by atoms with E-state index >= 15 is 0 Å². The summed E-state index contributed by atoms with van der Waals surface area (Å²) in [7, 11) is 0. The fourth-order valence-corrected chi connectivity index (χ4v) is 4.04. The van der Waals surface area contributed by atoms with Crippen LogP contribution in [0.4, 0.5) is 10.1 Å². The van der Waals surface area contributed by atoms with Crippen LogP contribution in [0.1, 0.15) is 12.5 Å². The number of aromatic nitrogens is 2. The van der Waals surface area contributed by atoms with Crippen LogP contribution in [0.25, 0.3) is 16.6 Å². The molecule has 7 heteroatoms. The van der Waals surface area contributed by atoms with Crippen LogP contribution in [0, 0.1) is 12.7 Å². The van der Waals surface area contributed by atoms with Crippen molar-refractivity contribution < 1.29 is 9.18 Å². The number of thioether (sulfide) groups is 1. The van der Waals surface area contributed by atoms with Gasteiger partial charge in [-0.25, -0.2) is 9.37 Å². The molecule has 4 aromatic rings. The molecule has 0 fully saturated rings. The number of nitrogens with zero attached hydrogens (tertiary/aromatic N) is 2. The Hall–Kier alpha value is -3.45. The van der Waals surface area contributed by atoms with Crippen LogP contribution in [0.5, 0.6) is 0 Å². The molecule has 0 aliphatic heterocycles. The van der Waals surface area contributed by atoms with E-state index in [4.69, 9.17) is 0 Å². The van der Waals surface area contributed by atoms with E-state index in [-0.39, 0.29) is 11.5 Å². The Bertz CT molecular complexity index is 1320. The third-order valence-electron chi connectivity index (χ3n) is 4.85. The summed E-state index contributed by atoms with van der Waals surface area (Å²) in [5.41, 5.74) is 1.74. The fourth-order valence-electron chi connectivity index (χ4n) is 3.12. The maximum Gasteiger partial charge on any atom is 0.266 e. The van der Waals surface area contributed by atoms with E-state index in [2.05, 4.69) is 10.3 Å². The van der Waals surface area contributed by atoms with Gasteiger partial charge >= 0.3 is 0 Å². The second kappa shape index (κ2) is 8.73. The lowest BCUT2D eigenvalue weighted by Crippen LogP contribution is -2.26. The summed E-state index contributed by atoms with van der Waals surface area (Å²) in [6.45, 7) is 3.40. The molecule has 0 bridgehead atoms. The van der Waals surface area contributed by atoms with Crippen LogP contribution in [0.3, 0.4) is 0 Å². The molecule has 1 heterocycles. The van der Waals surface area contributed by atoms with Gasteiger partial charge in [-0.1, -0.05) is 48.2 Å². The summed E-state index contributed by atoms with van der Waals surface area (Å²) >= 11 is 1.15. The Balaban J connectivity index is 1.76. The number of aryl methyl sites for hydroxylation is 1. The normalized spacial score (nSPS) is 12.0. The molecule has 1 atom stereocenters. The van der Waals surface area contributed by atoms with E-state index in [9.17, 15) is 14.0 Å². The zero-order valence-corrected chi connectivity index (χ0v) is 17.8. The highest BCUT2D eigenvalue weighted by Crippen LogP contribution is 2.26. The number of anilines is 1. The van der Waals surface area contributed by atoms with Crippen molar-refractivity contribution in [1.82, 2.24) is 9.55 Å². The quantitative estimate of drug-likeness (QED) is 0.357. The number of carbonyl (C=O) groups excluding carboxylic acids is 1. The van der Waals surface area contributed by atoms with Crippen molar-refractivity contribution in [3.63, 3.8) is 0 Å². The number of hydrogen-bond donors (Lipinski definition) is 1. The predicted octanol–water partition coefficient (Wildman–Crippen LogP) is 4.95. The predicted molar refractivity (Wildman–Crippen MR) is 122 cm³/mol. The molecule has 0 saturated carbocycles. The van der Waals surface area contributed by atoms with Crippen molar-refractivity contribution in [2.75, 3.05) is 5.32 Å². The molecular weight excluding hydrogens is 413 g/mol. The first-order valence-electron chi connectivity index (χ1n) is 9.75. The number of amides is 1. The number of nitrogens with one attached hydrogen (secondary N) is 1. The van der Waals surface area contributed by atoms with E-state index in [1.165, 1.54) is 10.6 Å². The minimum atomic E-state index is -0.546. The van der Waals surface area contributed by atoms with Gasteiger partial charge in [-0.15, -0.1) is 0 Å². The number of carbonyl (C=O) groups is 1. The Morgan fingerprint density at radius 3 is 2.52 bits per heavy atom. The molecule has 1 unspecified atom stereocenters. The summed E-state index contributed by atoms with van der Waals surface area (Å²) in [6.07, 6.45) is 0. The van der Waals surface area contributed by atoms with E-state index in [0.29, 0.717) is 33.0 Å². The number of rotatable bonds is 5. The molecule has 0 aliphatic rings. The van der Waals surface area contributed by atoms with Gasteiger partial charge < -0.3 is 5.32 Å². The van der Waals surface area contributed by atoms with E-state index in [0.717, 1.165) is 11.8 Å². The zero-order valence-electron chi connectivity index (χ0n) is 17.0. The number of fused-ring (bicyclic) bond motifs is 1. The largest absolute Gasteiger partial charge is 0.325 e. The molecule has 5 nitrogen and oxygen atoms in total. The van der Waals surface area contributed by atoms with Gasteiger partial charge in [-0.3, -0.25) is 14.2 Å². The molecule has 31 heavy (non-hydrogen) atoms. The minimum Gasteiger partial charge on any atom is -0.325 e. The Morgan fingerprint density at radius 2 is 1.77 bits per heavy atom. The zero-order chi connectivity index (χ0) is 22.0. The standard InChI is InChI=1S/C24H20FN3O2S/c1-15-12-13-18(14-20(15)25)28-23(30)19-10-6-7-11-21(19)27-24(28)31-16(2)22(29)26-17-8-4-3-5-9-17/h3-14,16H,1-2H3,(H,26,29). The summed E-state index contributed by atoms with van der Waals surface area (Å²) < 4.78 is 15.6. The van der Waals surface area contributed by atoms with Crippen LogP contribution < -0.4 is 10.9 Å². The maximum atomic E-state index is 14.3. The first kappa shape index (κ1) is 20.8.